The van der Waals surface area contributed by atoms with Crippen molar-refractivity contribution < 1.29 is 9.59 Å². The largest absolute Gasteiger partial charge is 0.342 e. The van der Waals surface area contributed by atoms with Crippen LogP contribution in [-0.4, -0.2) is 55.9 Å². The first kappa shape index (κ1) is 25.1. The van der Waals surface area contributed by atoms with Crippen LogP contribution in [0.2, 0.25) is 0 Å². The molecule has 2 fully saturated rings. The Bertz CT molecular complexity index is 437. The predicted octanol–water partition coefficient (Wildman–Crippen LogP) is 3.48. The molecule has 0 spiro atoms. The number of hydrogen-bond acceptors (Lipinski definition) is 4. The summed E-state index contributed by atoms with van der Waals surface area (Å²) in [6.45, 7) is 16.5. The van der Waals surface area contributed by atoms with Crippen molar-refractivity contribution in [2.75, 3.05) is 39.3 Å². The second kappa shape index (κ2) is 14.1. The summed E-state index contributed by atoms with van der Waals surface area (Å²) in [4.78, 5) is 26.2. The van der Waals surface area contributed by atoms with Crippen molar-refractivity contribution in [2.24, 2.45) is 23.7 Å². The molecule has 2 rings (SSSR count). The van der Waals surface area contributed by atoms with Gasteiger partial charge in [-0.1, -0.05) is 34.6 Å². The molecule has 2 N–H and O–H groups in total. The number of ketones is 1. The molecule has 0 aromatic rings. The average Bonchev–Trinajstić information content (AvgIpc) is 2.69. The van der Waals surface area contributed by atoms with Crippen molar-refractivity contribution in [3.63, 3.8) is 0 Å². The molecule has 5 nitrogen and oxygen atoms in total. The summed E-state index contributed by atoms with van der Waals surface area (Å²) < 4.78 is 0. The van der Waals surface area contributed by atoms with E-state index in [-0.39, 0.29) is 11.8 Å². The van der Waals surface area contributed by atoms with Crippen molar-refractivity contribution in [2.45, 2.75) is 73.1 Å². The smallest absolute Gasteiger partial charge is 0.225 e. The molecule has 0 unspecified atom stereocenters. The molecule has 164 valence electrons. The molecular formula is C23H45N3O2. The Morgan fingerprint density at radius 2 is 1.64 bits per heavy atom. The Labute approximate surface area is 173 Å². The molecule has 2 heterocycles. The highest BCUT2D eigenvalue weighted by Crippen LogP contribution is 2.25. The van der Waals surface area contributed by atoms with Gasteiger partial charge < -0.3 is 15.5 Å². The first-order valence-corrected chi connectivity index (χ1v) is 11.6. The second-order valence-corrected chi connectivity index (χ2v) is 9.15. The Kier molecular flexibility index (Phi) is 12.6. The minimum absolute atomic E-state index is 0.143. The topological polar surface area (TPSA) is 61.4 Å². The van der Waals surface area contributed by atoms with E-state index in [0.29, 0.717) is 24.0 Å². The van der Waals surface area contributed by atoms with E-state index in [1.54, 1.807) is 0 Å². The van der Waals surface area contributed by atoms with Crippen LogP contribution in [0.15, 0.2) is 0 Å². The van der Waals surface area contributed by atoms with Gasteiger partial charge in [0.15, 0.2) is 0 Å². The fourth-order valence-electron chi connectivity index (χ4n) is 3.77. The lowest BCUT2D eigenvalue weighted by molar-refractivity contribution is -0.137. The molecule has 2 aliphatic rings. The minimum atomic E-state index is 0.143. The van der Waals surface area contributed by atoms with E-state index in [1.165, 1.54) is 13.0 Å². The lowest BCUT2D eigenvalue weighted by Crippen LogP contribution is -2.44. The summed E-state index contributed by atoms with van der Waals surface area (Å²) in [6, 6.07) is 0. The van der Waals surface area contributed by atoms with Gasteiger partial charge in [0.25, 0.3) is 0 Å². The molecule has 5 heteroatoms. The summed E-state index contributed by atoms with van der Waals surface area (Å²) in [6.07, 6.45) is 5.94. The van der Waals surface area contributed by atoms with Gasteiger partial charge in [0, 0.05) is 31.3 Å². The third-order valence-corrected chi connectivity index (χ3v) is 5.90. The maximum Gasteiger partial charge on any atom is 0.225 e. The number of carbonyl (C=O) groups is 2. The Morgan fingerprint density at radius 1 is 1.04 bits per heavy atom. The van der Waals surface area contributed by atoms with Crippen LogP contribution in [0.1, 0.15) is 73.1 Å². The fraction of sp³-hybridized carbons (Fsp3) is 0.913. The molecule has 0 bridgehead atoms. The normalized spacial score (nSPS) is 18.9. The van der Waals surface area contributed by atoms with E-state index in [4.69, 9.17) is 0 Å². The van der Waals surface area contributed by atoms with Crippen molar-refractivity contribution in [1.82, 2.24) is 15.5 Å². The van der Waals surface area contributed by atoms with Crippen LogP contribution >= 0.6 is 0 Å². The minimum Gasteiger partial charge on any atom is -0.342 e. The Balaban J connectivity index is 0.000000416. The molecule has 28 heavy (non-hydrogen) atoms. The molecule has 0 aliphatic carbocycles. The number of rotatable bonds is 8. The van der Waals surface area contributed by atoms with Crippen LogP contribution in [-0.2, 0) is 9.59 Å². The van der Waals surface area contributed by atoms with Crippen LogP contribution in [0.25, 0.3) is 0 Å². The van der Waals surface area contributed by atoms with Crippen molar-refractivity contribution in [1.29, 1.82) is 0 Å². The number of likely N-dealkylation sites (tertiary alicyclic amines) is 1. The summed E-state index contributed by atoms with van der Waals surface area (Å²) in [5, 5.41) is 6.58. The molecule has 1 amide bonds. The maximum atomic E-state index is 12.4. The number of carbonyl (C=O) groups excluding carboxylic acids is 2. The lowest BCUT2D eigenvalue weighted by Gasteiger charge is -2.35. The second-order valence-electron chi connectivity index (χ2n) is 9.15. The number of nitrogens with one attached hydrogen (secondary N) is 2. The highest BCUT2D eigenvalue weighted by atomic mass is 16.2. The first-order valence-electron chi connectivity index (χ1n) is 11.6. The van der Waals surface area contributed by atoms with Crippen molar-refractivity contribution in [3.05, 3.63) is 0 Å². The van der Waals surface area contributed by atoms with Gasteiger partial charge in [0.1, 0.15) is 5.78 Å². The quantitative estimate of drug-likeness (QED) is 0.618. The molecule has 0 aromatic carbocycles. The van der Waals surface area contributed by atoms with Crippen LogP contribution < -0.4 is 10.6 Å². The van der Waals surface area contributed by atoms with Crippen LogP contribution in [0.4, 0.5) is 0 Å². The van der Waals surface area contributed by atoms with Crippen LogP contribution in [0.3, 0.4) is 0 Å². The zero-order valence-electron chi connectivity index (χ0n) is 19.1. The van der Waals surface area contributed by atoms with Gasteiger partial charge in [-0.05, 0) is 70.1 Å². The van der Waals surface area contributed by atoms with Gasteiger partial charge in [0.2, 0.25) is 5.91 Å². The first-order chi connectivity index (χ1) is 13.3. The average molecular weight is 396 g/mol. The molecule has 0 aromatic heterocycles. The number of hydrogen-bond donors (Lipinski definition) is 2. The van der Waals surface area contributed by atoms with E-state index in [1.807, 2.05) is 18.7 Å². The summed E-state index contributed by atoms with van der Waals surface area (Å²) in [5.41, 5.74) is 0. The predicted molar refractivity (Wildman–Crippen MR) is 117 cm³/mol. The third-order valence-electron chi connectivity index (χ3n) is 5.90. The number of Topliss-reactive ketones (excluding diaryl/α,β-unsaturated/α-hetero) is 1. The van der Waals surface area contributed by atoms with E-state index < -0.39 is 0 Å². The van der Waals surface area contributed by atoms with Crippen LogP contribution in [0.5, 0.6) is 0 Å². The van der Waals surface area contributed by atoms with E-state index >= 15 is 0 Å². The standard InChI is InChI=1S/C16H28N2O2.C7H17N/c1-12(2)15(19)11-13-5-9-18(10-6-13)16(20)14-3-7-17-8-4-14;1-4-8-6-5-7(2)3/h12-14,17H,3-11H2,1-2H3;7-8H,4-6H2,1-3H3. The molecule has 2 aliphatic heterocycles. The lowest BCUT2D eigenvalue weighted by atomic mass is 9.88. The van der Waals surface area contributed by atoms with E-state index in [9.17, 15) is 9.59 Å². The van der Waals surface area contributed by atoms with E-state index in [0.717, 1.165) is 64.3 Å². The van der Waals surface area contributed by atoms with Gasteiger partial charge in [0.05, 0.1) is 0 Å². The van der Waals surface area contributed by atoms with Gasteiger partial charge in [-0.3, -0.25) is 9.59 Å². The monoisotopic (exact) mass is 395 g/mol. The van der Waals surface area contributed by atoms with E-state index in [2.05, 4.69) is 31.4 Å². The fourth-order valence-corrected chi connectivity index (χ4v) is 3.77. The highest BCUT2D eigenvalue weighted by Gasteiger charge is 2.29. The SMILES string of the molecule is CC(C)C(=O)CC1CCN(C(=O)C2CCNCC2)CC1.CCNCCC(C)C. The molecule has 0 atom stereocenters. The van der Waals surface area contributed by atoms with Gasteiger partial charge in [-0.15, -0.1) is 0 Å². The zero-order chi connectivity index (χ0) is 20.9. The third kappa shape index (κ3) is 10.0. The van der Waals surface area contributed by atoms with Crippen molar-refractivity contribution >= 4 is 11.7 Å². The summed E-state index contributed by atoms with van der Waals surface area (Å²) in [7, 11) is 0. The molecule has 2 saturated heterocycles. The zero-order valence-corrected chi connectivity index (χ0v) is 19.1. The van der Waals surface area contributed by atoms with Gasteiger partial charge in [-0.25, -0.2) is 0 Å². The summed E-state index contributed by atoms with van der Waals surface area (Å²) in [5.74, 6) is 2.42. The highest BCUT2D eigenvalue weighted by molar-refractivity contribution is 5.81. The van der Waals surface area contributed by atoms with Crippen LogP contribution in [0, 0.1) is 23.7 Å². The molecule has 0 radical (unpaired) electrons. The number of nitrogens with zero attached hydrogens (tertiary/aromatic N) is 1. The Hall–Kier alpha value is -0.940. The molecular weight excluding hydrogens is 350 g/mol. The molecule has 0 saturated carbocycles. The maximum absolute atomic E-state index is 12.4. The van der Waals surface area contributed by atoms with Gasteiger partial charge in [-0.2, -0.15) is 0 Å². The van der Waals surface area contributed by atoms with Crippen molar-refractivity contribution in [3.8, 4) is 0 Å². The van der Waals surface area contributed by atoms with Gasteiger partial charge >= 0.3 is 0 Å². The number of amides is 1. The number of piperidine rings is 2. The Morgan fingerprint density at radius 3 is 2.14 bits per heavy atom. The summed E-state index contributed by atoms with van der Waals surface area (Å²) >= 11 is 0.